The van der Waals surface area contributed by atoms with Crippen LogP contribution < -0.4 is 0 Å². The maximum atomic E-state index is 12.7. The SMILES string of the molecule is CCCCCCCC/C=C/CCCCCC(=O)O[C@@H](COC(=O)CCC/C=C/CC/C=C/CCCCCCCCCCCCCCCC)COP(=O)(O)OCC[N+](C)(C)C. The summed E-state index contributed by atoms with van der Waals surface area (Å²) in [6.07, 6.45) is 49.3. The van der Waals surface area contributed by atoms with E-state index in [0.717, 1.165) is 51.4 Å². The van der Waals surface area contributed by atoms with Gasteiger partial charge in [0.25, 0.3) is 0 Å². The van der Waals surface area contributed by atoms with E-state index in [1.165, 1.54) is 128 Å². The molecule has 0 aromatic rings. The number of quaternary nitrogens is 1. The van der Waals surface area contributed by atoms with E-state index in [0.29, 0.717) is 23.9 Å². The lowest BCUT2D eigenvalue weighted by Gasteiger charge is -2.24. The highest BCUT2D eigenvalue weighted by molar-refractivity contribution is 7.47. The van der Waals surface area contributed by atoms with Gasteiger partial charge in [0, 0.05) is 12.8 Å². The van der Waals surface area contributed by atoms with Crippen molar-refractivity contribution in [2.75, 3.05) is 47.5 Å². The molecule has 1 N–H and O–H groups in total. The maximum absolute atomic E-state index is 12.7. The summed E-state index contributed by atoms with van der Waals surface area (Å²) < 4.78 is 34.3. The van der Waals surface area contributed by atoms with E-state index in [2.05, 4.69) is 50.3 Å². The van der Waals surface area contributed by atoms with E-state index in [1.54, 1.807) is 0 Å². The van der Waals surface area contributed by atoms with Crippen molar-refractivity contribution in [3.63, 3.8) is 0 Å². The first-order valence-corrected chi connectivity index (χ1v) is 26.2. The van der Waals surface area contributed by atoms with E-state index in [9.17, 15) is 19.0 Å². The zero-order valence-corrected chi connectivity index (χ0v) is 40.6. The Morgan fingerprint density at radius 3 is 1.33 bits per heavy atom. The van der Waals surface area contributed by atoms with Gasteiger partial charge in [0.05, 0.1) is 27.7 Å². The summed E-state index contributed by atoms with van der Waals surface area (Å²) >= 11 is 0. The second-order valence-corrected chi connectivity index (χ2v) is 19.3. The Hall–Kier alpha value is -1.77. The van der Waals surface area contributed by atoms with Crippen molar-refractivity contribution in [2.24, 2.45) is 0 Å². The molecule has 0 aromatic carbocycles. The molecular formula is C50H95NO8P+. The van der Waals surface area contributed by atoms with Crippen LogP contribution in [0.1, 0.15) is 219 Å². The van der Waals surface area contributed by atoms with Gasteiger partial charge >= 0.3 is 19.8 Å². The highest BCUT2D eigenvalue weighted by atomic mass is 31.2. The molecule has 10 heteroatoms. The molecule has 0 aliphatic heterocycles. The molecule has 1 unspecified atom stereocenters. The zero-order chi connectivity index (χ0) is 44.3. The Morgan fingerprint density at radius 2 is 0.883 bits per heavy atom. The van der Waals surface area contributed by atoms with Crippen LogP contribution in [0.25, 0.3) is 0 Å². The van der Waals surface area contributed by atoms with E-state index >= 15 is 0 Å². The predicted molar refractivity (Wildman–Crippen MR) is 252 cm³/mol. The average Bonchev–Trinajstić information content (AvgIpc) is 3.20. The predicted octanol–water partition coefficient (Wildman–Crippen LogP) is 14.5. The topological polar surface area (TPSA) is 108 Å². The standard InChI is InChI=1S/C50H94NO8P/c1-6-8-10-12-14-16-18-20-21-22-23-24-25-26-27-28-29-31-32-34-36-38-40-42-49(52)56-46-48(47-58-60(54,55)57-45-44-51(3,4)5)59-50(53)43-41-39-37-35-33-30-19-17-15-13-11-9-7-2/h28-30,33-34,36,48H,6-27,31-32,35,37-47H2,1-5H3/p+1/b29-28+,33-30+,36-34+/t48-/m0/s1. The van der Waals surface area contributed by atoms with E-state index < -0.39 is 32.5 Å². The highest BCUT2D eigenvalue weighted by Crippen LogP contribution is 2.43. The first-order valence-electron chi connectivity index (χ1n) is 24.7. The number of ether oxygens (including phenoxy) is 2. The highest BCUT2D eigenvalue weighted by Gasteiger charge is 2.27. The number of phosphoric acid groups is 1. The fourth-order valence-electron chi connectivity index (χ4n) is 6.74. The van der Waals surface area contributed by atoms with E-state index in [-0.39, 0.29) is 26.1 Å². The van der Waals surface area contributed by atoms with Gasteiger partial charge in [-0.1, -0.05) is 172 Å². The van der Waals surface area contributed by atoms with Crippen molar-refractivity contribution < 1.29 is 42.1 Å². The summed E-state index contributed by atoms with van der Waals surface area (Å²) in [7, 11) is 1.45. The number of rotatable bonds is 45. The smallest absolute Gasteiger partial charge is 0.462 e. The molecule has 60 heavy (non-hydrogen) atoms. The van der Waals surface area contributed by atoms with Crippen LogP contribution in [-0.4, -0.2) is 74.9 Å². The van der Waals surface area contributed by atoms with Gasteiger partial charge in [-0.25, -0.2) is 4.57 Å². The second-order valence-electron chi connectivity index (χ2n) is 17.8. The minimum Gasteiger partial charge on any atom is -0.462 e. The van der Waals surface area contributed by atoms with Gasteiger partial charge in [-0.2, -0.15) is 0 Å². The average molecular weight is 869 g/mol. The van der Waals surface area contributed by atoms with Crippen LogP contribution >= 0.6 is 7.82 Å². The van der Waals surface area contributed by atoms with Crippen LogP contribution in [0.2, 0.25) is 0 Å². The van der Waals surface area contributed by atoms with Crippen LogP contribution in [0.15, 0.2) is 36.5 Å². The minimum absolute atomic E-state index is 0.0235. The lowest BCUT2D eigenvalue weighted by atomic mass is 10.0. The molecule has 0 radical (unpaired) electrons. The number of carbonyl (C=O) groups excluding carboxylic acids is 2. The van der Waals surface area contributed by atoms with Crippen LogP contribution in [0.5, 0.6) is 0 Å². The van der Waals surface area contributed by atoms with Gasteiger partial charge in [0.15, 0.2) is 6.10 Å². The maximum Gasteiger partial charge on any atom is 0.472 e. The third kappa shape index (κ3) is 45.7. The number of likely N-dealkylation sites (N-methyl/N-ethyl adjacent to an activating group) is 1. The Bertz CT molecular complexity index is 1120. The van der Waals surface area contributed by atoms with Gasteiger partial charge in [-0.05, 0) is 70.6 Å². The molecule has 0 aromatic heterocycles. The molecule has 0 bridgehead atoms. The first-order chi connectivity index (χ1) is 29.0. The summed E-state index contributed by atoms with van der Waals surface area (Å²) in [4.78, 5) is 35.4. The third-order valence-corrected chi connectivity index (χ3v) is 11.6. The molecule has 9 nitrogen and oxygen atoms in total. The molecule has 352 valence electrons. The lowest BCUT2D eigenvalue weighted by molar-refractivity contribution is -0.870. The summed E-state index contributed by atoms with van der Waals surface area (Å²) in [5.74, 6) is -0.862. The number of esters is 2. The lowest BCUT2D eigenvalue weighted by Crippen LogP contribution is -2.37. The Morgan fingerprint density at radius 1 is 0.500 bits per heavy atom. The molecule has 0 fully saturated rings. The fourth-order valence-corrected chi connectivity index (χ4v) is 7.48. The number of unbranched alkanes of at least 4 members (excludes halogenated alkanes) is 25. The quantitative estimate of drug-likeness (QED) is 0.0212. The van der Waals surface area contributed by atoms with Crippen molar-refractivity contribution in [3.05, 3.63) is 36.5 Å². The molecule has 0 amide bonds. The van der Waals surface area contributed by atoms with Crippen molar-refractivity contribution in [3.8, 4) is 0 Å². The van der Waals surface area contributed by atoms with Crippen LogP contribution in [0.3, 0.4) is 0 Å². The van der Waals surface area contributed by atoms with E-state index in [1.807, 2.05) is 21.1 Å². The van der Waals surface area contributed by atoms with Crippen molar-refractivity contribution >= 4 is 19.8 Å². The van der Waals surface area contributed by atoms with Crippen LogP contribution in [-0.2, 0) is 32.7 Å². The fraction of sp³-hybridized carbons (Fsp3) is 0.840. The minimum atomic E-state index is -4.39. The second kappa shape index (κ2) is 42.5. The van der Waals surface area contributed by atoms with Crippen LogP contribution in [0.4, 0.5) is 0 Å². The first kappa shape index (κ1) is 58.2. The normalized spacial score (nSPS) is 13.8. The summed E-state index contributed by atoms with van der Waals surface area (Å²) in [5, 5.41) is 0. The van der Waals surface area contributed by atoms with Crippen molar-refractivity contribution in [1.82, 2.24) is 0 Å². The van der Waals surface area contributed by atoms with Crippen molar-refractivity contribution in [1.29, 1.82) is 0 Å². The van der Waals surface area contributed by atoms with Gasteiger partial charge < -0.3 is 18.9 Å². The van der Waals surface area contributed by atoms with Crippen molar-refractivity contribution in [2.45, 2.75) is 225 Å². The summed E-state index contributed by atoms with van der Waals surface area (Å²) in [6, 6.07) is 0. The number of allylic oxidation sites excluding steroid dienone is 6. The number of phosphoric ester groups is 1. The van der Waals surface area contributed by atoms with Crippen LogP contribution in [0, 0.1) is 0 Å². The number of carbonyl (C=O) groups is 2. The molecule has 0 saturated carbocycles. The molecule has 0 saturated heterocycles. The Kier molecular flexibility index (Phi) is 41.3. The molecule has 0 aliphatic carbocycles. The molecule has 0 spiro atoms. The molecule has 2 atom stereocenters. The number of nitrogens with zero attached hydrogens (tertiary/aromatic N) is 1. The van der Waals surface area contributed by atoms with Gasteiger partial charge in [-0.15, -0.1) is 0 Å². The summed E-state index contributed by atoms with van der Waals surface area (Å²) in [6.45, 7) is 4.37. The molecule has 0 aliphatic rings. The zero-order valence-electron chi connectivity index (χ0n) is 39.7. The largest absolute Gasteiger partial charge is 0.472 e. The molecule has 0 heterocycles. The Labute approximate surface area is 370 Å². The number of hydrogen-bond donors (Lipinski definition) is 1. The van der Waals surface area contributed by atoms with Gasteiger partial charge in [0.2, 0.25) is 0 Å². The van der Waals surface area contributed by atoms with E-state index in [4.69, 9.17) is 18.5 Å². The van der Waals surface area contributed by atoms with Gasteiger partial charge in [0.1, 0.15) is 19.8 Å². The third-order valence-electron chi connectivity index (χ3n) is 10.6. The van der Waals surface area contributed by atoms with Gasteiger partial charge in [-0.3, -0.25) is 18.6 Å². The number of hydrogen-bond acceptors (Lipinski definition) is 7. The molecule has 0 rings (SSSR count). The monoisotopic (exact) mass is 869 g/mol. The molecular weight excluding hydrogens is 774 g/mol. The Balaban J connectivity index is 4.28. The summed E-state index contributed by atoms with van der Waals surface area (Å²) in [5.41, 5.74) is 0.